The molecule has 0 radical (unpaired) electrons. The number of ether oxygens (including phenoxy) is 3. The lowest BCUT2D eigenvalue weighted by Crippen LogP contribution is -2.23. The summed E-state index contributed by atoms with van der Waals surface area (Å²) in [5.41, 5.74) is -1.02. The second kappa shape index (κ2) is 5.71. The van der Waals surface area contributed by atoms with Crippen molar-refractivity contribution in [2.75, 3.05) is 7.11 Å². The minimum Gasteiger partial charge on any atom is -0.492 e. The summed E-state index contributed by atoms with van der Waals surface area (Å²) in [7, 11) is 1.39. The summed E-state index contributed by atoms with van der Waals surface area (Å²) in [5, 5.41) is 0.486. The van der Waals surface area contributed by atoms with Gasteiger partial charge in [0.25, 0.3) is 5.75 Å². The van der Waals surface area contributed by atoms with Crippen molar-refractivity contribution >= 4 is 16.9 Å². The molecule has 2 rings (SSSR count). The maximum absolute atomic E-state index is 12.1. The van der Waals surface area contributed by atoms with E-state index in [0.717, 1.165) is 0 Å². The van der Waals surface area contributed by atoms with E-state index >= 15 is 0 Å². The molecule has 118 valence electrons. The van der Waals surface area contributed by atoms with Gasteiger partial charge in [0.05, 0.1) is 12.5 Å². The highest BCUT2D eigenvalue weighted by molar-refractivity contribution is 5.90. The van der Waals surface area contributed by atoms with Crippen molar-refractivity contribution in [1.29, 1.82) is 0 Å². The molecule has 1 heterocycles. The van der Waals surface area contributed by atoms with Crippen LogP contribution in [0.2, 0.25) is 0 Å². The zero-order chi connectivity index (χ0) is 16.5. The van der Waals surface area contributed by atoms with Gasteiger partial charge >= 0.3 is 11.6 Å². The van der Waals surface area contributed by atoms with E-state index in [1.54, 1.807) is 18.2 Å². The van der Waals surface area contributed by atoms with E-state index in [4.69, 9.17) is 18.6 Å². The molecule has 0 bridgehead atoms. The van der Waals surface area contributed by atoms with Crippen LogP contribution in [-0.4, -0.2) is 18.7 Å². The SMILES string of the molecule is COc1c(OC(C)=O)c(=O)oc2c(OC(C)(C)C)cccc12. The van der Waals surface area contributed by atoms with Crippen LogP contribution in [0.1, 0.15) is 27.7 Å². The molecule has 0 aliphatic heterocycles. The normalized spacial score (nSPS) is 11.3. The number of esters is 1. The largest absolute Gasteiger partial charge is 0.492 e. The quantitative estimate of drug-likeness (QED) is 0.641. The zero-order valence-electron chi connectivity index (χ0n) is 13.2. The van der Waals surface area contributed by atoms with Crippen LogP contribution < -0.4 is 19.8 Å². The fourth-order valence-electron chi connectivity index (χ4n) is 2.00. The predicted octanol–water partition coefficient (Wildman–Crippen LogP) is 2.90. The van der Waals surface area contributed by atoms with Crippen molar-refractivity contribution in [3.63, 3.8) is 0 Å². The van der Waals surface area contributed by atoms with Gasteiger partial charge in [-0.3, -0.25) is 4.79 Å². The Morgan fingerprint density at radius 2 is 1.86 bits per heavy atom. The van der Waals surface area contributed by atoms with Gasteiger partial charge in [0, 0.05) is 6.92 Å². The van der Waals surface area contributed by atoms with Crippen molar-refractivity contribution in [1.82, 2.24) is 0 Å². The van der Waals surface area contributed by atoms with Gasteiger partial charge in [-0.2, -0.15) is 0 Å². The molecule has 0 saturated carbocycles. The summed E-state index contributed by atoms with van der Waals surface area (Å²) in [5.74, 6) is -0.349. The van der Waals surface area contributed by atoms with E-state index in [1.807, 2.05) is 20.8 Å². The Kier molecular flexibility index (Phi) is 4.12. The molecule has 0 atom stereocenters. The van der Waals surface area contributed by atoms with Crippen LogP contribution in [-0.2, 0) is 4.79 Å². The lowest BCUT2D eigenvalue weighted by atomic mass is 10.1. The molecule has 0 fully saturated rings. The lowest BCUT2D eigenvalue weighted by molar-refractivity contribution is -0.132. The average molecular weight is 306 g/mol. The molecule has 0 spiro atoms. The van der Waals surface area contributed by atoms with Gasteiger partial charge in [-0.05, 0) is 32.9 Å². The van der Waals surface area contributed by atoms with E-state index in [-0.39, 0.29) is 17.1 Å². The van der Waals surface area contributed by atoms with Crippen LogP contribution in [0.15, 0.2) is 27.4 Å². The number of rotatable bonds is 3. The first kappa shape index (κ1) is 15.9. The third-order valence-corrected chi connectivity index (χ3v) is 2.68. The first-order valence-electron chi connectivity index (χ1n) is 6.74. The van der Waals surface area contributed by atoms with Gasteiger partial charge in [-0.25, -0.2) is 4.79 Å². The third kappa shape index (κ3) is 3.21. The first-order chi connectivity index (χ1) is 10.2. The maximum atomic E-state index is 12.1. The van der Waals surface area contributed by atoms with Gasteiger partial charge in [0.2, 0.25) is 0 Å². The molecule has 0 aliphatic carbocycles. The summed E-state index contributed by atoms with van der Waals surface area (Å²) >= 11 is 0. The van der Waals surface area contributed by atoms with Crippen LogP contribution in [0, 0.1) is 0 Å². The van der Waals surface area contributed by atoms with Crippen molar-refractivity contribution < 1.29 is 23.4 Å². The number of hydrogen-bond donors (Lipinski definition) is 0. The number of fused-ring (bicyclic) bond motifs is 1. The van der Waals surface area contributed by atoms with E-state index in [9.17, 15) is 9.59 Å². The molecule has 6 heteroatoms. The molecule has 1 aromatic carbocycles. The molecule has 0 aliphatic rings. The monoisotopic (exact) mass is 306 g/mol. The summed E-state index contributed by atoms with van der Waals surface area (Å²) < 4.78 is 21.2. The van der Waals surface area contributed by atoms with Gasteiger partial charge in [-0.1, -0.05) is 6.07 Å². The van der Waals surface area contributed by atoms with Crippen LogP contribution in [0.5, 0.6) is 17.2 Å². The molecule has 0 amide bonds. The predicted molar refractivity (Wildman–Crippen MR) is 80.7 cm³/mol. The molecular weight excluding hydrogens is 288 g/mol. The minimum atomic E-state index is -0.801. The zero-order valence-corrected chi connectivity index (χ0v) is 13.2. The van der Waals surface area contributed by atoms with Crippen molar-refractivity contribution in [2.45, 2.75) is 33.3 Å². The Bertz CT molecular complexity index is 767. The molecule has 0 unspecified atom stereocenters. The number of carbonyl (C=O) groups is 1. The minimum absolute atomic E-state index is 0.140. The molecular formula is C16H18O6. The van der Waals surface area contributed by atoms with Crippen LogP contribution >= 0.6 is 0 Å². The summed E-state index contributed by atoms with van der Waals surface area (Å²) in [6, 6.07) is 5.13. The Labute approximate surface area is 127 Å². The number of benzene rings is 1. The number of carbonyl (C=O) groups excluding carboxylic acids is 1. The van der Waals surface area contributed by atoms with Crippen molar-refractivity contribution in [3.8, 4) is 17.2 Å². The molecule has 2 aromatic rings. The summed E-state index contributed by atoms with van der Waals surface area (Å²) in [6.45, 7) is 6.85. The number of para-hydroxylation sites is 1. The fourth-order valence-corrected chi connectivity index (χ4v) is 2.00. The first-order valence-corrected chi connectivity index (χ1v) is 6.74. The van der Waals surface area contributed by atoms with E-state index in [0.29, 0.717) is 11.1 Å². The Hall–Kier alpha value is -2.50. The second-order valence-electron chi connectivity index (χ2n) is 5.69. The van der Waals surface area contributed by atoms with Crippen molar-refractivity contribution in [2.24, 2.45) is 0 Å². The fraction of sp³-hybridized carbons (Fsp3) is 0.375. The average Bonchev–Trinajstić information content (AvgIpc) is 2.38. The smallest absolute Gasteiger partial charge is 0.383 e. The Morgan fingerprint density at radius 3 is 2.41 bits per heavy atom. The molecule has 1 aromatic heterocycles. The van der Waals surface area contributed by atoms with Gasteiger partial charge in [-0.15, -0.1) is 0 Å². The van der Waals surface area contributed by atoms with Crippen LogP contribution in [0.4, 0.5) is 0 Å². The molecule has 6 nitrogen and oxygen atoms in total. The van der Waals surface area contributed by atoms with Crippen molar-refractivity contribution in [3.05, 3.63) is 28.6 Å². The lowest BCUT2D eigenvalue weighted by Gasteiger charge is -2.22. The third-order valence-electron chi connectivity index (χ3n) is 2.68. The maximum Gasteiger partial charge on any atom is 0.383 e. The van der Waals surface area contributed by atoms with E-state index < -0.39 is 17.2 Å². The highest BCUT2D eigenvalue weighted by atomic mass is 16.6. The molecule has 0 N–H and O–H groups in total. The van der Waals surface area contributed by atoms with E-state index in [1.165, 1.54) is 14.0 Å². The topological polar surface area (TPSA) is 75.0 Å². The summed E-state index contributed by atoms with van der Waals surface area (Å²) in [6.07, 6.45) is 0. The van der Waals surface area contributed by atoms with Crippen LogP contribution in [0.25, 0.3) is 11.0 Å². The Morgan fingerprint density at radius 1 is 1.18 bits per heavy atom. The highest BCUT2D eigenvalue weighted by Gasteiger charge is 2.22. The van der Waals surface area contributed by atoms with Crippen LogP contribution in [0.3, 0.4) is 0 Å². The molecule has 22 heavy (non-hydrogen) atoms. The highest BCUT2D eigenvalue weighted by Crippen LogP contribution is 2.37. The van der Waals surface area contributed by atoms with Gasteiger partial charge < -0.3 is 18.6 Å². The Balaban J connectivity index is 2.74. The standard InChI is InChI=1S/C16H18O6/c1-9(17)20-14-13(19-5)10-7-6-8-11(22-16(2,3)4)12(10)21-15(14)18/h6-8H,1-5H3. The molecule has 0 saturated heterocycles. The number of methoxy groups -OCH3 is 1. The second-order valence-corrected chi connectivity index (χ2v) is 5.69. The summed E-state index contributed by atoms with van der Waals surface area (Å²) in [4.78, 5) is 23.2. The number of hydrogen-bond acceptors (Lipinski definition) is 6. The van der Waals surface area contributed by atoms with E-state index in [2.05, 4.69) is 0 Å². The van der Waals surface area contributed by atoms with Gasteiger partial charge in [0.15, 0.2) is 17.1 Å². The van der Waals surface area contributed by atoms with Gasteiger partial charge in [0.1, 0.15) is 5.60 Å².